The van der Waals surface area contributed by atoms with Gasteiger partial charge in [-0.05, 0) is 12.1 Å². The summed E-state index contributed by atoms with van der Waals surface area (Å²) in [6, 6.07) is 6.47. The minimum Gasteiger partial charge on any atom is -0.246 e. The van der Waals surface area contributed by atoms with Gasteiger partial charge in [0.25, 0.3) is 0 Å². The highest BCUT2D eigenvalue weighted by molar-refractivity contribution is 5.14. The molecule has 0 N–H and O–H groups in total. The molecule has 1 radical (unpaired) electrons. The first-order valence-corrected chi connectivity index (χ1v) is 2.55. The Morgan fingerprint density at radius 1 is 1.56 bits per heavy atom. The van der Waals surface area contributed by atoms with E-state index in [2.05, 4.69) is 6.07 Å². The number of hydrogen-bond acceptors (Lipinski definition) is 0. The third-order valence-corrected chi connectivity index (χ3v) is 1.04. The van der Waals surface area contributed by atoms with Crippen molar-refractivity contribution < 1.29 is 8.78 Å². The Hall–Kier alpha value is -0.920. The van der Waals surface area contributed by atoms with E-state index in [0.717, 1.165) is 6.07 Å². The summed E-state index contributed by atoms with van der Waals surface area (Å²) in [6.07, 6.45) is 0. The summed E-state index contributed by atoms with van der Waals surface area (Å²) in [6.45, 7) is -0.749. The molecular formula is C7H5F2. The van der Waals surface area contributed by atoms with Crippen molar-refractivity contribution in [3.8, 4) is 0 Å². The Morgan fingerprint density at radius 3 is 2.78 bits per heavy atom. The standard InChI is InChI=1S/C7H5F2/c8-5-6-3-1-2-4-7(6)9/h1,3-4H,5H2. The fraction of sp³-hybridized carbons (Fsp3) is 0.143. The van der Waals surface area contributed by atoms with Crippen molar-refractivity contribution in [2.75, 3.05) is 0 Å². The molecule has 2 heteroatoms. The maximum Gasteiger partial charge on any atom is 0.129 e. The molecule has 0 unspecified atom stereocenters. The molecular weight excluding hydrogens is 122 g/mol. The van der Waals surface area contributed by atoms with Crippen LogP contribution in [0.4, 0.5) is 8.78 Å². The van der Waals surface area contributed by atoms with Crippen molar-refractivity contribution in [2.45, 2.75) is 6.67 Å². The molecule has 1 rings (SSSR count). The van der Waals surface area contributed by atoms with Crippen LogP contribution in [0.1, 0.15) is 5.56 Å². The molecule has 0 aliphatic carbocycles. The van der Waals surface area contributed by atoms with Crippen LogP contribution < -0.4 is 0 Å². The topological polar surface area (TPSA) is 0 Å². The molecule has 0 bridgehead atoms. The molecule has 1 aromatic rings. The van der Waals surface area contributed by atoms with E-state index in [-0.39, 0.29) is 5.56 Å². The maximum atomic E-state index is 12.3. The molecule has 0 nitrogen and oxygen atoms in total. The van der Waals surface area contributed by atoms with E-state index in [1.54, 1.807) is 0 Å². The van der Waals surface area contributed by atoms with Crippen LogP contribution in [0.5, 0.6) is 0 Å². The first-order valence-electron chi connectivity index (χ1n) is 2.55. The minimum atomic E-state index is -0.749. The fourth-order valence-corrected chi connectivity index (χ4v) is 0.551. The quantitative estimate of drug-likeness (QED) is 0.541. The Morgan fingerprint density at radius 2 is 2.33 bits per heavy atom. The van der Waals surface area contributed by atoms with E-state index in [9.17, 15) is 8.78 Å². The summed E-state index contributed by atoms with van der Waals surface area (Å²) in [4.78, 5) is 0. The van der Waals surface area contributed by atoms with E-state index >= 15 is 0 Å². The fourth-order valence-electron chi connectivity index (χ4n) is 0.551. The lowest BCUT2D eigenvalue weighted by Crippen LogP contribution is -1.83. The summed E-state index contributed by atoms with van der Waals surface area (Å²) < 4.78 is 24.1. The second kappa shape index (κ2) is 2.58. The third-order valence-electron chi connectivity index (χ3n) is 1.04. The highest BCUT2D eigenvalue weighted by Gasteiger charge is 1.96. The predicted octanol–water partition coefficient (Wildman–Crippen LogP) is 2.10. The van der Waals surface area contributed by atoms with Gasteiger partial charge in [-0.3, -0.25) is 0 Å². The van der Waals surface area contributed by atoms with Crippen LogP contribution in [-0.4, -0.2) is 0 Å². The van der Waals surface area contributed by atoms with Crippen LogP contribution in [0.15, 0.2) is 18.2 Å². The van der Waals surface area contributed by atoms with Crippen LogP contribution in [0.25, 0.3) is 0 Å². The average molecular weight is 127 g/mol. The third kappa shape index (κ3) is 1.25. The van der Waals surface area contributed by atoms with Crippen molar-refractivity contribution in [1.82, 2.24) is 0 Å². The number of halogens is 2. The highest BCUT2D eigenvalue weighted by Crippen LogP contribution is 2.05. The molecule has 0 aromatic heterocycles. The zero-order valence-electron chi connectivity index (χ0n) is 4.70. The zero-order chi connectivity index (χ0) is 6.69. The number of alkyl halides is 1. The molecule has 0 aliphatic rings. The molecule has 0 heterocycles. The Kier molecular flexibility index (Phi) is 1.78. The average Bonchev–Trinajstić information content (AvgIpc) is 1.89. The van der Waals surface area contributed by atoms with Gasteiger partial charge in [-0.15, -0.1) is 0 Å². The number of benzene rings is 1. The molecule has 0 atom stereocenters. The summed E-state index contributed by atoms with van der Waals surface area (Å²) in [7, 11) is 0. The Labute approximate surface area is 52.1 Å². The largest absolute Gasteiger partial charge is 0.246 e. The van der Waals surface area contributed by atoms with Crippen LogP contribution in [0.2, 0.25) is 0 Å². The van der Waals surface area contributed by atoms with Gasteiger partial charge in [-0.2, -0.15) is 0 Å². The smallest absolute Gasteiger partial charge is 0.129 e. The second-order valence-corrected chi connectivity index (χ2v) is 1.65. The lowest BCUT2D eigenvalue weighted by atomic mass is 10.2. The number of hydrogen-bond donors (Lipinski definition) is 0. The van der Waals surface area contributed by atoms with Gasteiger partial charge in [0.2, 0.25) is 0 Å². The van der Waals surface area contributed by atoms with Gasteiger partial charge in [0.05, 0.1) is 0 Å². The van der Waals surface area contributed by atoms with Gasteiger partial charge in [0.15, 0.2) is 0 Å². The van der Waals surface area contributed by atoms with Gasteiger partial charge < -0.3 is 0 Å². The minimum absolute atomic E-state index is 0.0914. The van der Waals surface area contributed by atoms with Gasteiger partial charge >= 0.3 is 0 Å². The summed E-state index contributed by atoms with van der Waals surface area (Å²) in [5.41, 5.74) is 0.0914. The van der Waals surface area contributed by atoms with E-state index in [1.807, 2.05) is 0 Å². The van der Waals surface area contributed by atoms with Crippen molar-refractivity contribution >= 4 is 0 Å². The monoisotopic (exact) mass is 127 g/mol. The lowest BCUT2D eigenvalue weighted by Gasteiger charge is -1.92. The molecule has 1 aromatic carbocycles. The van der Waals surface area contributed by atoms with Crippen molar-refractivity contribution in [3.63, 3.8) is 0 Å². The van der Waals surface area contributed by atoms with Crippen LogP contribution in [-0.2, 0) is 6.67 Å². The van der Waals surface area contributed by atoms with Crippen molar-refractivity contribution in [3.05, 3.63) is 35.6 Å². The Balaban J connectivity index is 3.01. The van der Waals surface area contributed by atoms with Crippen molar-refractivity contribution in [1.29, 1.82) is 0 Å². The molecule has 0 fully saturated rings. The molecule has 0 saturated carbocycles. The van der Waals surface area contributed by atoms with E-state index in [0.29, 0.717) is 0 Å². The first-order chi connectivity index (χ1) is 4.34. The van der Waals surface area contributed by atoms with E-state index < -0.39 is 12.5 Å². The zero-order valence-corrected chi connectivity index (χ0v) is 4.70. The molecule has 0 aliphatic heterocycles. The Bertz CT molecular complexity index is 196. The summed E-state index contributed by atoms with van der Waals surface area (Å²) in [5, 5.41) is 0. The van der Waals surface area contributed by atoms with Gasteiger partial charge in [0.1, 0.15) is 12.5 Å². The van der Waals surface area contributed by atoms with E-state index in [4.69, 9.17) is 0 Å². The van der Waals surface area contributed by atoms with Gasteiger partial charge in [-0.25, -0.2) is 8.78 Å². The van der Waals surface area contributed by atoms with Gasteiger partial charge in [0, 0.05) is 5.56 Å². The molecule has 0 saturated heterocycles. The first kappa shape index (κ1) is 6.20. The van der Waals surface area contributed by atoms with Crippen LogP contribution in [0, 0.1) is 11.9 Å². The van der Waals surface area contributed by atoms with Crippen molar-refractivity contribution in [2.24, 2.45) is 0 Å². The SMILES string of the molecule is FCc1cc[c]cc1F. The van der Waals surface area contributed by atoms with Crippen LogP contribution >= 0.6 is 0 Å². The second-order valence-electron chi connectivity index (χ2n) is 1.65. The van der Waals surface area contributed by atoms with Gasteiger partial charge in [-0.1, -0.05) is 12.1 Å². The predicted molar refractivity (Wildman–Crippen MR) is 30.0 cm³/mol. The molecule has 0 amide bonds. The highest BCUT2D eigenvalue weighted by atomic mass is 19.1. The van der Waals surface area contributed by atoms with Crippen LogP contribution in [0.3, 0.4) is 0 Å². The normalized spacial score (nSPS) is 9.56. The molecule has 47 valence electrons. The summed E-state index contributed by atoms with van der Waals surface area (Å²) >= 11 is 0. The summed E-state index contributed by atoms with van der Waals surface area (Å²) in [5.74, 6) is -0.528. The number of rotatable bonds is 1. The molecule has 0 spiro atoms. The van der Waals surface area contributed by atoms with E-state index in [1.165, 1.54) is 12.1 Å². The maximum absolute atomic E-state index is 12.3. The molecule has 9 heavy (non-hydrogen) atoms. The lowest BCUT2D eigenvalue weighted by molar-refractivity contribution is 0.464.